The van der Waals surface area contributed by atoms with Gasteiger partial charge in [0.25, 0.3) is 0 Å². The molecule has 2 heterocycles. The summed E-state index contributed by atoms with van der Waals surface area (Å²) in [5.74, 6) is 2.58. The van der Waals surface area contributed by atoms with Crippen LogP contribution >= 0.6 is 11.6 Å². The third-order valence-corrected chi connectivity index (χ3v) is 4.13. The topological polar surface area (TPSA) is 29.0 Å². The van der Waals surface area contributed by atoms with Gasteiger partial charge in [0.2, 0.25) is 0 Å². The third kappa shape index (κ3) is 3.59. The van der Waals surface area contributed by atoms with Crippen LogP contribution in [0.25, 0.3) is 0 Å². The molecule has 1 aromatic rings. The summed E-state index contributed by atoms with van der Waals surface area (Å²) in [7, 11) is 0. The number of halogens is 1. The quantitative estimate of drug-likeness (QED) is 0.786. The normalized spacial score (nSPS) is 20.1. The zero-order valence-corrected chi connectivity index (χ0v) is 13.2. The van der Waals surface area contributed by atoms with Crippen LogP contribution in [0.4, 0.5) is 5.82 Å². The van der Waals surface area contributed by atoms with Crippen LogP contribution in [0, 0.1) is 11.3 Å². The molecule has 0 radical (unpaired) electrons. The van der Waals surface area contributed by atoms with E-state index in [1.165, 1.54) is 6.42 Å². The van der Waals surface area contributed by atoms with Crippen molar-refractivity contribution >= 4 is 17.4 Å². The van der Waals surface area contributed by atoms with Gasteiger partial charge in [0.1, 0.15) is 16.8 Å². The van der Waals surface area contributed by atoms with Crippen LogP contribution in [-0.2, 0) is 6.42 Å². The van der Waals surface area contributed by atoms with Gasteiger partial charge >= 0.3 is 0 Å². The average Bonchev–Trinajstić information content (AvgIpc) is 2.77. The standard InChI is InChI=1S/C15H24ClN3/c1-5-6-13-17-12(16)9-14(18-13)19-8-7-11(10-19)15(2,3)4/h9,11H,5-8,10H2,1-4H3. The fourth-order valence-corrected chi connectivity index (χ4v) is 2.82. The molecule has 2 rings (SSSR count). The van der Waals surface area contributed by atoms with Gasteiger partial charge in [-0.3, -0.25) is 0 Å². The van der Waals surface area contributed by atoms with Crippen LogP contribution < -0.4 is 4.90 Å². The smallest absolute Gasteiger partial charge is 0.134 e. The van der Waals surface area contributed by atoms with Crippen molar-refractivity contribution in [2.75, 3.05) is 18.0 Å². The molecular weight excluding hydrogens is 258 g/mol. The molecule has 0 N–H and O–H groups in total. The first-order valence-corrected chi connectivity index (χ1v) is 7.56. The fourth-order valence-electron chi connectivity index (χ4n) is 2.62. The predicted octanol–water partition coefficient (Wildman–Crippen LogP) is 3.95. The van der Waals surface area contributed by atoms with Gasteiger partial charge in [0, 0.05) is 25.6 Å². The van der Waals surface area contributed by atoms with Crippen LogP contribution in [0.1, 0.15) is 46.4 Å². The molecule has 1 atom stereocenters. The summed E-state index contributed by atoms with van der Waals surface area (Å²) in [6, 6.07) is 1.89. The Morgan fingerprint density at radius 3 is 2.68 bits per heavy atom. The first-order chi connectivity index (χ1) is 8.90. The van der Waals surface area contributed by atoms with E-state index in [0.29, 0.717) is 10.6 Å². The third-order valence-electron chi connectivity index (χ3n) is 3.94. The van der Waals surface area contributed by atoms with E-state index < -0.39 is 0 Å². The Morgan fingerprint density at radius 1 is 1.37 bits per heavy atom. The minimum absolute atomic E-state index is 0.359. The van der Waals surface area contributed by atoms with Crippen LogP contribution in [0.2, 0.25) is 5.15 Å². The summed E-state index contributed by atoms with van der Waals surface area (Å²) < 4.78 is 0. The van der Waals surface area contributed by atoms with Gasteiger partial charge in [-0.2, -0.15) is 0 Å². The number of aryl methyl sites for hydroxylation is 1. The number of aromatic nitrogens is 2. The number of nitrogens with zero attached hydrogens (tertiary/aromatic N) is 3. The van der Waals surface area contributed by atoms with E-state index in [-0.39, 0.29) is 0 Å². The average molecular weight is 282 g/mol. The second kappa shape index (κ2) is 5.66. The zero-order chi connectivity index (χ0) is 14.0. The monoisotopic (exact) mass is 281 g/mol. The van der Waals surface area contributed by atoms with Crippen LogP contribution in [0.3, 0.4) is 0 Å². The molecular formula is C15H24ClN3. The first kappa shape index (κ1) is 14.6. The maximum atomic E-state index is 6.11. The highest BCUT2D eigenvalue weighted by atomic mass is 35.5. The molecule has 4 heteroatoms. The minimum atomic E-state index is 0.359. The maximum Gasteiger partial charge on any atom is 0.134 e. The molecule has 0 aliphatic carbocycles. The van der Waals surface area contributed by atoms with Crippen molar-refractivity contribution in [2.24, 2.45) is 11.3 Å². The Kier molecular flexibility index (Phi) is 4.34. The summed E-state index contributed by atoms with van der Waals surface area (Å²) in [6.07, 6.45) is 3.17. The van der Waals surface area contributed by atoms with Crippen molar-refractivity contribution in [1.29, 1.82) is 0 Å². The van der Waals surface area contributed by atoms with E-state index in [9.17, 15) is 0 Å². The largest absolute Gasteiger partial charge is 0.356 e. The highest BCUT2D eigenvalue weighted by Gasteiger charge is 2.32. The Balaban J connectivity index is 2.15. The highest BCUT2D eigenvalue weighted by molar-refractivity contribution is 6.29. The van der Waals surface area contributed by atoms with Gasteiger partial charge in [-0.15, -0.1) is 0 Å². The molecule has 1 aliphatic heterocycles. The molecule has 1 fully saturated rings. The molecule has 1 aromatic heterocycles. The number of hydrogen-bond acceptors (Lipinski definition) is 3. The first-order valence-electron chi connectivity index (χ1n) is 7.18. The summed E-state index contributed by atoms with van der Waals surface area (Å²) in [5, 5.41) is 0.563. The lowest BCUT2D eigenvalue weighted by molar-refractivity contribution is 0.263. The molecule has 1 aliphatic rings. The summed E-state index contributed by atoms with van der Waals surface area (Å²) in [4.78, 5) is 11.3. The summed E-state index contributed by atoms with van der Waals surface area (Å²) in [6.45, 7) is 11.2. The maximum absolute atomic E-state index is 6.11. The number of hydrogen-bond donors (Lipinski definition) is 0. The van der Waals surface area contributed by atoms with Crippen molar-refractivity contribution < 1.29 is 0 Å². The molecule has 19 heavy (non-hydrogen) atoms. The molecule has 0 bridgehead atoms. The van der Waals surface area contributed by atoms with E-state index in [4.69, 9.17) is 11.6 Å². The summed E-state index contributed by atoms with van der Waals surface area (Å²) >= 11 is 6.11. The van der Waals surface area contributed by atoms with E-state index in [2.05, 4.69) is 42.6 Å². The number of anilines is 1. The molecule has 0 saturated carbocycles. The van der Waals surface area contributed by atoms with Crippen molar-refractivity contribution in [1.82, 2.24) is 9.97 Å². The van der Waals surface area contributed by atoms with Gasteiger partial charge in [-0.25, -0.2) is 9.97 Å². The molecule has 1 saturated heterocycles. The summed E-state index contributed by atoms with van der Waals surface area (Å²) in [5.41, 5.74) is 0.359. The molecule has 0 amide bonds. The van der Waals surface area contributed by atoms with Gasteiger partial charge in [-0.1, -0.05) is 39.3 Å². The van der Waals surface area contributed by atoms with Crippen LogP contribution in [-0.4, -0.2) is 23.1 Å². The second-order valence-electron chi connectivity index (χ2n) is 6.51. The predicted molar refractivity (Wildman–Crippen MR) is 80.8 cm³/mol. The van der Waals surface area contributed by atoms with Crippen LogP contribution in [0.15, 0.2) is 6.07 Å². The van der Waals surface area contributed by atoms with Crippen molar-refractivity contribution in [3.63, 3.8) is 0 Å². The molecule has 0 spiro atoms. The van der Waals surface area contributed by atoms with Crippen LogP contribution in [0.5, 0.6) is 0 Å². The zero-order valence-electron chi connectivity index (χ0n) is 12.4. The van der Waals surface area contributed by atoms with E-state index in [1.807, 2.05) is 6.07 Å². The molecule has 1 unspecified atom stereocenters. The number of rotatable bonds is 3. The molecule has 0 aromatic carbocycles. The van der Waals surface area contributed by atoms with Gasteiger partial charge in [0.05, 0.1) is 0 Å². The highest BCUT2D eigenvalue weighted by Crippen LogP contribution is 2.35. The van der Waals surface area contributed by atoms with Gasteiger partial charge in [-0.05, 0) is 24.2 Å². The molecule has 106 valence electrons. The lowest BCUT2D eigenvalue weighted by atomic mass is 9.80. The van der Waals surface area contributed by atoms with Crippen molar-refractivity contribution in [3.8, 4) is 0 Å². The Hall–Kier alpha value is -0.830. The lowest BCUT2D eigenvalue weighted by Crippen LogP contribution is -2.26. The SMILES string of the molecule is CCCc1nc(Cl)cc(N2CCC(C(C)(C)C)C2)n1. The Labute approximate surface area is 121 Å². The van der Waals surface area contributed by atoms with E-state index in [1.54, 1.807) is 0 Å². The van der Waals surface area contributed by atoms with E-state index in [0.717, 1.165) is 43.5 Å². The molecule has 3 nitrogen and oxygen atoms in total. The Morgan fingerprint density at radius 2 is 2.11 bits per heavy atom. The van der Waals surface area contributed by atoms with E-state index >= 15 is 0 Å². The minimum Gasteiger partial charge on any atom is -0.356 e. The lowest BCUT2D eigenvalue weighted by Gasteiger charge is -2.27. The van der Waals surface area contributed by atoms with Crippen molar-refractivity contribution in [3.05, 3.63) is 17.0 Å². The Bertz CT molecular complexity index is 440. The van der Waals surface area contributed by atoms with Gasteiger partial charge < -0.3 is 4.90 Å². The van der Waals surface area contributed by atoms with Gasteiger partial charge in [0.15, 0.2) is 0 Å². The fraction of sp³-hybridized carbons (Fsp3) is 0.733. The van der Waals surface area contributed by atoms with Crippen molar-refractivity contribution in [2.45, 2.75) is 47.0 Å². The second-order valence-corrected chi connectivity index (χ2v) is 6.90.